The molecule has 0 aromatic heterocycles. The van der Waals surface area contributed by atoms with Crippen molar-refractivity contribution in [2.45, 2.75) is 174 Å². The number of aliphatic hydroxyl groups is 1. The van der Waals surface area contributed by atoms with Crippen LogP contribution in [0.4, 0.5) is 0 Å². The number of unbranched alkanes of at least 4 members (excludes halogenated alkanes) is 11. The van der Waals surface area contributed by atoms with Gasteiger partial charge in [0, 0.05) is 13.0 Å². The van der Waals surface area contributed by atoms with Crippen molar-refractivity contribution in [1.82, 2.24) is 5.32 Å². The van der Waals surface area contributed by atoms with E-state index in [0.717, 1.165) is 77.0 Å². The van der Waals surface area contributed by atoms with Crippen molar-refractivity contribution >= 4 is 19.7 Å². The van der Waals surface area contributed by atoms with E-state index < -0.39 is 26.5 Å². The molecule has 63 heavy (non-hydrogen) atoms. The summed E-state index contributed by atoms with van der Waals surface area (Å²) in [6.07, 6.45) is 65.8. The number of nitrogens with one attached hydrogen (secondary N) is 1. The molecule has 0 saturated heterocycles. The normalized spacial score (nSPS) is 14.3. The molecule has 2 unspecified atom stereocenters. The molecule has 1 amide bonds. The standard InChI is InChI=1S/C53H86NO8P/c1-3-5-7-9-11-13-15-17-19-21-23-25-27-29-31-33-35-37-39-41-43-45-52(56)54-47-48-61-63(58,59)62-50-51(55)49-60-53(57)46-44-42-40-38-36-34-32-30-28-26-24-22-20-18-16-14-12-10-8-6-4-2/h6,8,11-14,17-20,23-26,30,32,36,38,42,44,51,55H,3-5,7,9-10,15-16,21-22,27-29,31,33-35,37,39-41,43,45-50H2,1-2H3,(H,54,56)(H,58,59)/b8-6-,13-11-,14-12-,19-17-,20-18-,25-23-,26-24-,32-30-,38-36-,44-42-. The Morgan fingerprint density at radius 1 is 0.524 bits per heavy atom. The average molecular weight is 896 g/mol. The van der Waals surface area contributed by atoms with E-state index in [1.165, 1.54) is 57.8 Å². The maximum absolute atomic E-state index is 12.1. The number of carbonyl (C=O) groups excluding carboxylic acids is 2. The van der Waals surface area contributed by atoms with Crippen LogP contribution in [0.1, 0.15) is 168 Å². The van der Waals surface area contributed by atoms with Crippen LogP contribution in [0.15, 0.2) is 122 Å². The number of hydrogen-bond donors (Lipinski definition) is 3. The van der Waals surface area contributed by atoms with E-state index in [4.69, 9.17) is 13.8 Å². The molecule has 0 rings (SSSR count). The Hall–Kier alpha value is -3.59. The fourth-order valence-electron chi connectivity index (χ4n) is 5.82. The van der Waals surface area contributed by atoms with E-state index in [1.807, 2.05) is 12.2 Å². The predicted octanol–water partition coefficient (Wildman–Crippen LogP) is 14.1. The number of allylic oxidation sites excluding steroid dienone is 19. The lowest BCUT2D eigenvalue weighted by Crippen LogP contribution is -2.27. The van der Waals surface area contributed by atoms with Gasteiger partial charge in [0.25, 0.3) is 0 Å². The molecule has 0 aliphatic heterocycles. The molecule has 0 aliphatic carbocycles. The first-order chi connectivity index (χ1) is 30.8. The summed E-state index contributed by atoms with van der Waals surface area (Å²) < 4.78 is 26.8. The van der Waals surface area contributed by atoms with Gasteiger partial charge >= 0.3 is 13.8 Å². The van der Waals surface area contributed by atoms with Gasteiger partial charge in [-0.1, -0.05) is 187 Å². The van der Waals surface area contributed by atoms with Gasteiger partial charge < -0.3 is 20.1 Å². The predicted molar refractivity (Wildman–Crippen MR) is 265 cm³/mol. The summed E-state index contributed by atoms with van der Waals surface area (Å²) >= 11 is 0. The van der Waals surface area contributed by atoms with Crippen molar-refractivity contribution in [3.63, 3.8) is 0 Å². The zero-order valence-corrected chi connectivity index (χ0v) is 40.1. The molecule has 0 aliphatic rings. The summed E-state index contributed by atoms with van der Waals surface area (Å²) in [6, 6.07) is 0. The van der Waals surface area contributed by atoms with Gasteiger partial charge in [-0.15, -0.1) is 0 Å². The molecule has 0 bridgehead atoms. The van der Waals surface area contributed by atoms with E-state index >= 15 is 0 Å². The molecule has 0 aromatic rings. The van der Waals surface area contributed by atoms with E-state index in [2.05, 4.69) is 122 Å². The number of carbonyl (C=O) groups is 2. The van der Waals surface area contributed by atoms with Gasteiger partial charge in [0.15, 0.2) is 0 Å². The van der Waals surface area contributed by atoms with Crippen LogP contribution in [0.2, 0.25) is 0 Å². The van der Waals surface area contributed by atoms with Gasteiger partial charge in [0.1, 0.15) is 12.7 Å². The fourth-order valence-corrected chi connectivity index (χ4v) is 6.58. The number of phosphoric acid groups is 1. The lowest BCUT2D eigenvalue weighted by molar-refractivity contribution is -0.146. The summed E-state index contributed by atoms with van der Waals surface area (Å²) in [5.41, 5.74) is 0. The molecular formula is C53H86NO8P. The summed E-state index contributed by atoms with van der Waals surface area (Å²) in [4.78, 5) is 34.0. The largest absolute Gasteiger partial charge is 0.472 e. The van der Waals surface area contributed by atoms with Gasteiger partial charge in [-0.2, -0.15) is 0 Å². The SMILES string of the molecule is CC/C=C\C/C=C\C/C=C\C/C=C\C/C=C\C/C=C\C/C=C\CC(=O)OCC(O)COP(=O)(O)OCCNC(=O)CCCCCCCCCC/C=C\C/C=C\C/C=C\CCCCC. The Kier molecular flexibility index (Phi) is 45.2. The quantitative estimate of drug-likeness (QED) is 0.0239. The number of esters is 1. The molecule has 0 fully saturated rings. The topological polar surface area (TPSA) is 131 Å². The third-order valence-corrected chi connectivity index (χ3v) is 10.4. The number of ether oxygens (including phenoxy) is 1. The van der Waals surface area contributed by atoms with Gasteiger partial charge in [-0.05, 0) is 89.9 Å². The molecule has 0 saturated carbocycles. The monoisotopic (exact) mass is 896 g/mol. The molecule has 2 atom stereocenters. The molecule has 10 heteroatoms. The average Bonchev–Trinajstić information content (AvgIpc) is 3.27. The van der Waals surface area contributed by atoms with Crippen LogP contribution < -0.4 is 5.32 Å². The van der Waals surface area contributed by atoms with Crippen LogP contribution in [0.3, 0.4) is 0 Å². The minimum absolute atomic E-state index is 0.0407. The maximum atomic E-state index is 12.1. The Morgan fingerprint density at radius 2 is 0.937 bits per heavy atom. The maximum Gasteiger partial charge on any atom is 0.472 e. The molecule has 0 heterocycles. The van der Waals surface area contributed by atoms with Crippen LogP contribution in [0, 0.1) is 0 Å². The molecule has 0 spiro atoms. The van der Waals surface area contributed by atoms with Crippen molar-refractivity contribution in [2.24, 2.45) is 0 Å². The Balaban J connectivity index is 3.74. The Labute approximate surface area is 383 Å². The molecule has 356 valence electrons. The summed E-state index contributed by atoms with van der Waals surface area (Å²) in [5.74, 6) is -0.667. The van der Waals surface area contributed by atoms with Crippen molar-refractivity contribution in [3.05, 3.63) is 122 Å². The second-order valence-corrected chi connectivity index (χ2v) is 16.8. The Bertz CT molecular complexity index is 1440. The van der Waals surface area contributed by atoms with Gasteiger partial charge in [0.05, 0.1) is 19.6 Å². The first-order valence-electron chi connectivity index (χ1n) is 24.0. The number of phosphoric ester groups is 1. The van der Waals surface area contributed by atoms with Crippen molar-refractivity contribution < 1.29 is 37.9 Å². The zero-order valence-electron chi connectivity index (χ0n) is 39.2. The van der Waals surface area contributed by atoms with Gasteiger partial charge in [-0.3, -0.25) is 18.6 Å². The van der Waals surface area contributed by atoms with Crippen LogP contribution in [-0.2, 0) is 27.9 Å². The summed E-state index contributed by atoms with van der Waals surface area (Å²) in [5, 5.41) is 12.7. The third kappa shape index (κ3) is 49.3. The van der Waals surface area contributed by atoms with Gasteiger partial charge in [0.2, 0.25) is 5.91 Å². The fraction of sp³-hybridized carbons (Fsp3) is 0.585. The first kappa shape index (κ1) is 59.4. The molecule has 0 radical (unpaired) electrons. The highest BCUT2D eigenvalue weighted by atomic mass is 31.2. The van der Waals surface area contributed by atoms with Crippen molar-refractivity contribution in [1.29, 1.82) is 0 Å². The highest BCUT2D eigenvalue weighted by molar-refractivity contribution is 7.47. The lowest BCUT2D eigenvalue weighted by Gasteiger charge is -2.15. The molecule has 3 N–H and O–H groups in total. The zero-order chi connectivity index (χ0) is 46.0. The molecule has 0 aromatic carbocycles. The van der Waals surface area contributed by atoms with Crippen molar-refractivity contribution in [3.8, 4) is 0 Å². The van der Waals surface area contributed by atoms with E-state index in [-0.39, 0.29) is 32.1 Å². The Morgan fingerprint density at radius 3 is 1.41 bits per heavy atom. The summed E-state index contributed by atoms with van der Waals surface area (Å²) in [6.45, 7) is 3.27. The minimum atomic E-state index is -4.45. The van der Waals surface area contributed by atoms with E-state index in [0.29, 0.717) is 12.8 Å². The van der Waals surface area contributed by atoms with Crippen LogP contribution in [-0.4, -0.2) is 54.3 Å². The highest BCUT2D eigenvalue weighted by Crippen LogP contribution is 2.42. The second-order valence-electron chi connectivity index (χ2n) is 15.4. The van der Waals surface area contributed by atoms with Crippen LogP contribution in [0.25, 0.3) is 0 Å². The summed E-state index contributed by atoms with van der Waals surface area (Å²) in [7, 11) is -4.45. The highest BCUT2D eigenvalue weighted by Gasteiger charge is 2.23. The third-order valence-electron chi connectivity index (χ3n) is 9.41. The van der Waals surface area contributed by atoms with E-state index in [9.17, 15) is 24.2 Å². The number of rotatable bonds is 43. The van der Waals surface area contributed by atoms with Crippen molar-refractivity contribution in [2.75, 3.05) is 26.4 Å². The van der Waals surface area contributed by atoms with Crippen LogP contribution in [0.5, 0.6) is 0 Å². The molecular weight excluding hydrogens is 810 g/mol. The lowest BCUT2D eigenvalue weighted by atomic mass is 10.1. The smallest absolute Gasteiger partial charge is 0.463 e. The number of amides is 1. The minimum Gasteiger partial charge on any atom is -0.463 e. The first-order valence-corrected chi connectivity index (χ1v) is 25.5. The molecule has 9 nitrogen and oxygen atoms in total. The van der Waals surface area contributed by atoms with Crippen LogP contribution >= 0.6 is 7.82 Å². The number of hydrogen-bond acceptors (Lipinski definition) is 7. The van der Waals surface area contributed by atoms with E-state index in [1.54, 1.807) is 6.08 Å². The number of aliphatic hydroxyl groups excluding tert-OH is 1. The van der Waals surface area contributed by atoms with Gasteiger partial charge in [-0.25, -0.2) is 4.57 Å². The second kappa shape index (κ2) is 47.9.